The summed E-state index contributed by atoms with van der Waals surface area (Å²) in [6.07, 6.45) is 0.476. The molecule has 0 atom stereocenters. The predicted molar refractivity (Wildman–Crippen MR) is 75.4 cm³/mol. The van der Waals surface area contributed by atoms with Crippen LogP contribution >= 0.6 is 24.8 Å². The molecule has 2 N–H and O–H groups in total. The molecule has 98 valence electrons. The predicted octanol–water partition coefficient (Wildman–Crippen LogP) is 2.09. The first-order valence-electron chi connectivity index (χ1n) is 5.02. The third-order valence-electron chi connectivity index (χ3n) is 2.10. The molecule has 0 aliphatic rings. The fourth-order valence-electron chi connectivity index (χ4n) is 1.27. The molecule has 1 heterocycles. The molecule has 0 aromatic carbocycles. The van der Waals surface area contributed by atoms with Gasteiger partial charge in [-0.25, -0.2) is 0 Å². The number of aryl methyl sites for hydroxylation is 2. The van der Waals surface area contributed by atoms with Crippen molar-refractivity contribution in [3.05, 3.63) is 23.5 Å². The van der Waals surface area contributed by atoms with E-state index in [1.165, 1.54) is 0 Å². The summed E-state index contributed by atoms with van der Waals surface area (Å²) in [6, 6.07) is 3.77. The molecule has 1 rings (SSSR count). The average molecular weight is 280 g/mol. The standard InChI is InChI=1S/C11H17N3O.2ClH/c1-8-4-5-10(9(2)13-8)14-11(15)6-7-12-3;;/h4-5,12H,6-7H2,1-3H3,(H,14,15);2*1H. The average Bonchev–Trinajstić information content (AvgIpc) is 2.19. The van der Waals surface area contributed by atoms with Crippen molar-refractivity contribution in [3.8, 4) is 0 Å². The van der Waals surface area contributed by atoms with Gasteiger partial charge in [0.25, 0.3) is 0 Å². The Morgan fingerprint density at radius 3 is 2.47 bits per heavy atom. The molecule has 1 amide bonds. The largest absolute Gasteiger partial charge is 0.324 e. The van der Waals surface area contributed by atoms with E-state index in [-0.39, 0.29) is 30.7 Å². The molecular formula is C11H19Cl2N3O. The number of nitrogens with zero attached hydrogens (tertiary/aromatic N) is 1. The topological polar surface area (TPSA) is 54.0 Å². The summed E-state index contributed by atoms with van der Waals surface area (Å²) in [4.78, 5) is 15.7. The number of halogens is 2. The summed E-state index contributed by atoms with van der Waals surface area (Å²) >= 11 is 0. The number of amides is 1. The molecule has 4 nitrogen and oxygen atoms in total. The highest BCUT2D eigenvalue weighted by atomic mass is 35.5. The van der Waals surface area contributed by atoms with Gasteiger partial charge in [-0.3, -0.25) is 9.78 Å². The van der Waals surface area contributed by atoms with Gasteiger partial charge in [0.15, 0.2) is 0 Å². The molecule has 0 radical (unpaired) electrons. The lowest BCUT2D eigenvalue weighted by Crippen LogP contribution is -2.19. The van der Waals surface area contributed by atoms with Crippen LogP contribution in [0.4, 0.5) is 5.69 Å². The summed E-state index contributed by atoms with van der Waals surface area (Å²) < 4.78 is 0. The molecule has 0 saturated heterocycles. The van der Waals surface area contributed by atoms with Gasteiger partial charge in [0.2, 0.25) is 5.91 Å². The number of anilines is 1. The minimum atomic E-state index is 0. The number of hydrogen-bond donors (Lipinski definition) is 2. The SMILES string of the molecule is CNCCC(=O)Nc1ccc(C)nc1C.Cl.Cl. The normalized spacial score (nSPS) is 8.88. The molecule has 1 aromatic heterocycles. The van der Waals surface area contributed by atoms with Gasteiger partial charge in [0.1, 0.15) is 0 Å². The maximum Gasteiger partial charge on any atom is 0.225 e. The van der Waals surface area contributed by atoms with Gasteiger partial charge in [-0.1, -0.05) is 0 Å². The summed E-state index contributed by atoms with van der Waals surface area (Å²) in [5.74, 6) is 0.0121. The quantitative estimate of drug-likeness (QED) is 0.888. The van der Waals surface area contributed by atoms with Crippen molar-refractivity contribution in [2.24, 2.45) is 0 Å². The lowest BCUT2D eigenvalue weighted by Gasteiger charge is -2.07. The van der Waals surface area contributed by atoms with Crippen LogP contribution in [0, 0.1) is 13.8 Å². The van der Waals surface area contributed by atoms with Gasteiger partial charge in [-0.05, 0) is 33.0 Å². The van der Waals surface area contributed by atoms with Crippen LogP contribution < -0.4 is 10.6 Å². The van der Waals surface area contributed by atoms with Crippen LogP contribution in [0.2, 0.25) is 0 Å². The molecule has 0 spiro atoms. The number of pyridine rings is 1. The lowest BCUT2D eigenvalue weighted by atomic mass is 10.2. The van der Waals surface area contributed by atoms with E-state index in [2.05, 4.69) is 15.6 Å². The summed E-state index contributed by atoms with van der Waals surface area (Å²) in [5.41, 5.74) is 2.61. The van der Waals surface area contributed by atoms with Crippen molar-refractivity contribution in [3.63, 3.8) is 0 Å². The zero-order chi connectivity index (χ0) is 11.3. The molecule has 0 bridgehead atoms. The van der Waals surface area contributed by atoms with Crippen molar-refractivity contribution >= 4 is 36.4 Å². The van der Waals surface area contributed by atoms with Crippen LogP contribution in [0.1, 0.15) is 17.8 Å². The van der Waals surface area contributed by atoms with Crippen LogP contribution in [0.5, 0.6) is 0 Å². The first kappa shape index (κ1) is 18.5. The maximum absolute atomic E-state index is 11.4. The van der Waals surface area contributed by atoms with Crippen LogP contribution in [0.3, 0.4) is 0 Å². The maximum atomic E-state index is 11.4. The summed E-state index contributed by atoms with van der Waals surface area (Å²) in [5, 5.41) is 5.76. The van der Waals surface area contributed by atoms with E-state index in [0.29, 0.717) is 13.0 Å². The second-order valence-corrected chi connectivity index (χ2v) is 3.49. The zero-order valence-electron chi connectivity index (χ0n) is 10.2. The van der Waals surface area contributed by atoms with Crippen LogP contribution in [-0.4, -0.2) is 24.5 Å². The minimum absolute atomic E-state index is 0. The number of hydrogen-bond acceptors (Lipinski definition) is 3. The number of nitrogens with one attached hydrogen (secondary N) is 2. The first-order chi connectivity index (χ1) is 7.13. The van der Waals surface area contributed by atoms with E-state index in [1.807, 2.05) is 33.0 Å². The molecule has 17 heavy (non-hydrogen) atoms. The van der Waals surface area contributed by atoms with E-state index < -0.39 is 0 Å². The minimum Gasteiger partial charge on any atom is -0.324 e. The van der Waals surface area contributed by atoms with Gasteiger partial charge in [0, 0.05) is 18.7 Å². The third kappa shape index (κ3) is 6.46. The Balaban J connectivity index is 0. The molecular weight excluding hydrogens is 261 g/mol. The fourth-order valence-corrected chi connectivity index (χ4v) is 1.27. The highest BCUT2D eigenvalue weighted by molar-refractivity contribution is 5.91. The monoisotopic (exact) mass is 279 g/mol. The molecule has 0 unspecified atom stereocenters. The number of rotatable bonds is 4. The first-order valence-corrected chi connectivity index (χ1v) is 5.02. The van der Waals surface area contributed by atoms with Gasteiger partial charge < -0.3 is 10.6 Å². The molecule has 0 aliphatic carbocycles. The van der Waals surface area contributed by atoms with E-state index in [4.69, 9.17) is 0 Å². The van der Waals surface area contributed by atoms with E-state index in [1.54, 1.807) is 0 Å². The Bertz CT molecular complexity index is 359. The Hall–Kier alpha value is -0.840. The second-order valence-electron chi connectivity index (χ2n) is 3.49. The van der Waals surface area contributed by atoms with Gasteiger partial charge in [0.05, 0.1) is 11.4 Å². The Kier molecular flexibility index (Phi) is 10.0. The van der Waals surface area contributed by atoms with E-state index in [9.17, 15) is 4.79 Å². The van der Waals surface area contributed by atoms with Crippen LogP contribution in [-0.2, 0) is 4.79 Å². The molecule has 1 aromatic rings. The third-order valence-corrected chi connectivity index (χ3v) is 2.10. The van der Waals surface area contributed by atoms with Crippen molar-refractivity contribution in [1.82, 2.24) is 10.3 Å². The van der Waals surface area contributed by atoms with E-state index >= 15 is 0 Å². The summed E-state index contributed by atoms with van der Waals surface area (Å²) in [7, 11) is 1.83. The summed E-state index contributed by atoms with van der Waals surface area (Å²) in [6.45, 7) is 4.50. The fraction of sp³-hybridized carbons (Fsp3) is 0.455. The van der Waals surface area contributed by atoms with Gasteiger partial charge in [-0.15, -0.1) is 24.8 Å². The Morgan fingerprint density at radius 2 is 1.94 bits per heavy atom. The highest BCUT2D eigenvalue weighted by Crippen LogP contribution is 2.12. The number of carbonyl (C=O) groups is 1. The molecule has 6 heteroatoms. The molecule has 0 fully saturated rings. The Morgan fingerprint density at radius 1 is 1.29 bits per heavy atom. The second kappa shape index (κ2) is 9.22. The molecule has 0 aliphatic heterocycles. The van der Waals surface area contributed by atoms with Gasteiger partial charge in [-0.2, -0.15) is 0 Å². The van der Waals surface area contributed by atoms with E-state index in [0.717, 1.165) is 17.1 Å². The van der Waals surface area contributed by atoms with Crippen molar-refractivity contribution in [2.45, 2.75) is 20.3 Å². The Labute approximate surface area is 114 Å². The zero-order valence-corrected chi connectivity index (χ0v) is 11.9. The van der Waals surface area contributed by atoms with Crippen LogP contribution in [0.15, 0.2) is 12.1 Å². The molecule has 0 saturated carbocycles. The van der Waals surface area contributed by atoms with Crippen molar-refractivity contribution < 1.29 is 4.79 Å². The van der Waals surface area contributed by atoms with Gasteiger partial charge >= 0.3 is 0 Å². The van der Waals surface area contributed by atoms with Crippen molar-refractivity contribution in [1.29, 1.82) is 0 Å². The smallest absolute Gasteiger partial charge is 0.225 e. The van der Waals surface area contributed by atoms with Crippen molar-refractivity contribution in [2.75, 3.05) is 18.9 Å². The number of aromatic nitrogens is 1. The number of carbonyl (C=O) groups excluding carboxylic acids is 1. The lowest BCUT2D eigenvalue weighted by molar-refractivity contribution is -0.116. The van der Waals surface area contributed by atoms with Crippen LogP contribution in [0.25, 0.3) is 0 Å². The highest BCUT2D eigenvalue weighted by Gasteiger charge is 2.04.